The Hall–Kier alpha value is -2.16. The molecule has 2 aromatic carbocycles. The smallest absolute Gasteiger partial charge is 0.124 e. The molecule has 21 heavy (non-hydrogen) atoms. The van der Waals surface area contributed by atoms with E-state index in [0.29, 0.717) is 0 Å². The van der Waals surface area contributed by atoms with Gasteiger partial charge < -0.3 is 14.8 Å². The van der Waals surface area contributed by atoms with E-state index in [0.717, 1.165) is 30.9 Å². The number of hydrogen-bond acceptors (Lipinski definition) is 3. The first kappa shape index (κ1) is 13.8. The highest BCUT2D eigenvalue weighted by Gasteiger charge is 2.22. The minimum absolute atomic E-state index is 0.261. The number of aryl methyl sites for hydroxylation is 1. The van der Waals surface area contributed by atoms with Crippen molar-refractivity contribution in [2.24, 2.45) is 0 Å². The normalized spacial score (nSPS) is 16.8. The molecule has 0 aliphatic carbocycles. The maximum Gasteiger partial charge on any atom is 0.124 e. The molecular formula is C18H21NO2. The first-order valence-electron chi connectivity index (χ1n) is 7.47. The molecule has 2 aromatic rings. The Morgan fingerprint density at radius 3 is 2.90 bits per heavy atom. The predicted molar refractivity (Wildman–Crippen MR) is 85.3 cm³/mol. The van der Waals surface area contributed by atoms with Gasteiger partial charge in [-0.3, -0.25) is 0 Å². The summed E-state index contributed by atoms with van der Waals surface area (Å²) >= 11 is 0. The summed E-state index contributed by atoms with van der Waals surface area (Å²) in [5.74, 6) is 1.82. The molecule has 3 nitrogen and oxygen atoms in total. The van der Waals surface area contributed by atoms with Crippen LogP contribution in [0.5, 0.6) is 11.5 Å². The average molecular weight is 283 g/mol. The highest BCUT2D eigenvalue weighted by molar-refractivity contribution is 5.55. The third-order valence-electron chi connectivity index (χ3n) is 3.98. The molecule has 0 aromatic heterocycles. The van der Waals surface area contributed by atoms with Crippen LogP contribution in [0.4, 0.5) is 5.69 Å². The summed E-state index contributed by atoms with van der Waals surface area (Å²) in [5.41, 5.74) is 3.72. The van der Waals surface area contributed by atoms with Crippen LogP contribution in [0.15, 0.2) is 42.5 Å². The van der Waals surface area contributed by atoms with E-state index in [1.54, 1.807) is 7.11 Å². The molecule has 3 heteroatoms. The van der Waals surface area contributed by atoms with E-state index in [4.69, 9.17) is 9.47 Å². The summed E-state index contributed by atoms with van der Waals surface area (Å²) in [5, 5.41) is 3.67. The predicted octanol–water partition coefficient (Wildman–Crippen LogP) is 4.19. The van der Waals surface area contributed by atoms with Crippen LogP contribution in [-0.2, 0) is 6.42 Å². The van der Waals surface area contributed by atoms with Crippen molar-refractivity contribution < 1.29 is 9.47 Å². The Morgan fingerprint density at radius 2 is 2.10 bits per heavy atom. The monoisotopic (exact) mass is 283 g/mol. The molecule has 0 spiro atoms. The van der Waals surface area contributed by atoms with E-state index >= 15 is 0 Å². The van der Waals surface area contributed by atoms with E-state index in [9.17, 15) is 0 Å². The number of benzene rings is 2. The molecule has 0 saturated carbocycles. The lowest BCUT2D eigenvalue weighted by atomic mass is 9.99. The number of fused-ring (bicyclic) bond motifs is 1. The Labute approximate surface area is 125 Å². The first-order valence-corrected chi connectivity index (χ1v) is 7.47. The number of anilines is 1. The maximum atomic E-state index is 5.75. The second-order valence-electron chi connectivity index (χ2n) is 5.25. The fraction of sp³-hybridized carbons (Fsp3) is 0.333. The lowest BCUT2D eigenvalue weighted by Gasteiger charge is -2.28. The summed E-state index contributed by atoms with van der Waals surface area (Å²) in [7, 11) is 1.69. The summed E-state index contributed by atoms with van der Waals surface area (Å²) in [4.78, 5) is 0. The van der Waals surface area contributed by atoms with Gasteiger partial charge in [-0.05, 0) is 36.2 Å². The van der Waals surface area contributed by atoms with Crippen molar-refractivity contribution in [2.45, 2.75) is 25.8 Å². The number of methoxy groups -OCH3 is 1. The van der Waals surface area contributed by atoms with Gasteiger partial charge >= 0.3 is 0 Å². The van der Waals surface area contributed by atoms with E-state index in [-0.39, 0.29) is 6.04 Å². The second-order valence-corrected chi connectivity index (χ2v) is 5.25. The van der Waals surface area contributed by atoms with Crippen molar-refractivity contribution in [3.8, 4) is 11.5 Å². The summed E-state index contributed by atoms with van der Waals surface area (Å²) in [6, 6.07) is 14.8. The average Bonchev–Trinajstić information content (AvgIpc) is 2.55. The van der Waals surface area contributed by atoms with E-state index in [1.807, 2.05) is 12.1 Å². The van der Waals surface area contributed by atoms with Gasteiger partial charge in [0.1, 0.15) is 11.5 Å². The zero-order valence-electron chi connectivity index (χ0n) is 12.6. The van der Waals surface area contributed by atoms with Crippen molar-refractivity contribution in [3.63, 3.8) is 0 Å². The van der Waals surface area contributed by atoms with Gasteiger partial charge in [-0.2, -0.15) is 0 Å². The molecule has 3 rings (SSSR count). The fourth-order valence-electron chi connectivity index (χ4n) is 2.81. The van der Waals surface area contributed by atoms with E-state index < -0.39 is 0 Å². The first-order chi connectivity index (χ1) is 10.3. The standard InChI is InChI=1S/C18H21NO2/c1-3-13-6-4-5-7-16(13)19-17-10-11-21-18-9-8-14(20-2)12-15(17)18/h4-9,12,17,19H,3,10-11H2,1-2H3. The molecule has 1 unspecified atom stereocenters. The molecule has 1 atom stereocenters. The number of hydrogen-bond donors (Lipinski definition) is 1. The molecule has 1 aliphatic rings. The molecule has 1 N–H and O–H groups in total. The van der Waals surface area contributed by atoms with Crippen molar-refractivity contribution in [3.05, 3.63) is 53.6 Å². The lowest BCUT2D eigenvalue weighted by molar-refractivity contribution is 0.273. The van der Waals surface area contributed by atoms with Crippen molar-refractivity contribution in [2.75, 3.05) is 19.0 Å². The Balaban J connectivity index is 1.91. The molecule has 0 radical (unpaired) electrons. The van der Waals surface area contributed by atoms with Crippen LogP contribution in [0.1, 0.15) is 30.5 Å². The zero-order chi connectivity index (χ0) is 14.7. The molecule has 0 saturated heterocycles. The highest BCUT2D eigenvalue weighted by Crippen LogP contribution is 2.37. The van der Waals surface area contributed by atoms with Crippen LogP contribution in [0.2, 0.25) is 0 Å². The van der Waals surface area contributed by atoms with Gasteiger partial charge in [0.25, 0.3) is 0 Å². The fourth-order valence-corrected chi connectivity index (χ4v) is 2.81. The number of nitrogens with one attached hydrogen (secondary N) is 1. The maximum absolute atomic E-state index is 5.75. The zero-order valence-corrected chi connectivity index (χ0v) is 12.6. The lowest BCUT2D eigenvalue weighted by Crippen LogP contribution is -2.21. The van der Waals surface area contributed by atoms with Crippen molar-refractivity contribution in [1.82, 2.24) is 0 Å². The van der Waals surface area contributed by atoms with Gasteiger partial charge in [0, 0.05) is 17.7 Å². The number of para-hydroxylation sites is 1. The van der Waals surface area contributed by atoms with Crippen LogP contribution in [-0.4, -0.2) is 13.7 Å². The largest absolute Gasteiger partial charge is 0.497 e. The van der Waals surface area contributed by atoms with Gasteiger partial charge in [0.2, 0.25) is 0 Å². The van der Waals surface area contributed by atoms with Crippen LogP contribution in [0, 0.1) is 0 Å². The number of rotatable bonds is 4. The van der Waals surface area contributed by atoms with Crippen LogP contribution < -0.4 is 14.8 Å². The highest BCUT2D eigenvalue weighted by atomic mass is 16.5. The quantitative estimate of drug-likeness (QED) is 0.912. The molecule has 0 amide bonds. The van der Waals surface area contributed by atoms with E-state index in [1.165, 1.54) is 16.8 Å². The number of ether oxygens (including phenoxy) is 2. The Bertz CT molecular complexity index is 624. The molecular weight excluding hydrogens is 262 g/mol. The van der Waals surface area contributed by atoms with Gasteiger partial charge in [-0.25, -0.2) is 0 Å². The van der Waals surface area contributed by atoms with E-state index in [2.05, 4.69) is 42.6 Å². The molecule has 0 bridgehead atoms. The topological polar surface area (TPSA) is 30.5 Å². The third-order valence-corrected chi connectivity index (χ3v) is 3.98. The van der Waals surface area contributed by atoms with Crippen LogP contribution >= 0.6 is 0 Å². The van der Waals surface area contributed by atoms with Gasteiger partial charge in [0.05, 0.1) is 19.8 Å². The SMILES string of the molecule is CCc1ccccc1NC1CCOc2ccc(OC)cc21. The van der Waals surface area contributed by atoms with Crippen LogP contribution in [0.25, 0.3) is 0 Å². The summed E-state index contributed by atoms with van der Waals surface area (Å²) in [6.45, 7) is 2.92. The van der Waals surface area contributed by atoms with Crippen LogP contribution in [0.3, 0.4) is 0 Å². The Kier molecular flexibility index (Phi) is 4.00. The van der Waals surface area contributed by atoms with Crippen molar-refractivity contribution in [1.29, 1.82) is 0 Å². The summed E-state index contributed by atoms with van der Waals surface area (Å²) in [6.07, 6.45) is 1.98. The second kappa shape index (κ2) is 6.08. The third kappa shape index (κ3) is 2.82. The minimum Gasteiger partial charge on any atom is -0.497 e. The van der Waals surface area contributed by atoms with Gasteiger partial charge in [-0.1, -0.05) is 25.1 Å². The van der Waals surface area contributed by atoms with Gasteiger partial charge in [-0.15, -0.1) is 0 Å². The molecule has 110 valence electrons. The Morgan fingerprint density at radius 1 is 1.24 bits per heavy atom. The molecule has 1 aliphatic heterocycles. The summed E-state index contributed by atoms with van der Waals surface area (Å²) < 4.78 is 11.1. The molecule has 0 fully saturated rings. The van der Waals surface area contributed by atoms with Crippen molar-refractivity contribution >= 4 is 5.69 Å². The molecule has 1 heterocycles. The van der Waals surface area contributed by atoms with Gasteiger partial charge in [0.15, 0.2) is 0 Å². The minimum atomic E-state index is 0.261.